The van der Waals surface area contributed by atoms with Crippen LogP contribution in [0.1, 0.15) is 24.4 Å². The molecule has 0 unspecified atom stereocenters. The number of ether oxygens (including phenoxy) is 2. The lowest BCUT2D eigenvalue weighted by Gasteiger charge is -2.29. The molecule has 28 heavy (non-hydrogen) atoms. The maximum absolute atomic E-state index is 11.4. The molecule has 1 fully saturated rings. The number of nitro groups is 1. The van der Waals surface area contributed by atoms with Crippen molar-refractivity contribution in [1.29, 1.82) is 0 Å². The highest BCUT2D eigenvalue weighted by Gasteiger charge is 2.29. The molecule has 0 radical (unpaired) electrons. The van der Waals surface area contributed by atoms with Crippen molar-refractivity contribution in [1.82, 2.24) is 4.98 Å². The maximum atomic E-state index is 11.4. The van der Waals surface area contributed by atoms with E-state index in [0.29, 0.717) is 18.6 Å². The predicted molar refractivity (Wildman–Crippen MR) is 105 cm³/mol. The van der Waals surface area contributed by atoms with Gasteiger partial charge in [-0.05, 0) is 42.7 Å². The average Bonchev–Trinajstić information content (AvgIpc) is 3.22. The molecule has 1 atom stereocenters. The average molecular weight is 377 g/mol. The van der Waals surface area contributed by atoms with E-state index >= 15 is 0 Å². The normalized spacial score (nSPS) is 18.4. The van der Waals surface area contributed by atoms with E-state index in [1.165, 1.54) is 5.56 Å². The molecule has 142 valence electrons. The third-order valence-corrected chi connectivity index (χ3v) is 5.48. The highest BCUT2D eigenvalue weighted by Crippen LogP contribution is 2.43. The van der Waals surface area contributed by atoms with Gasteiger partial charge < -0.3 is 14.4 Å². The Kier molecular flexibility index (Phi) is 4.00. The Balaban J connectivity index is 1.58. The third kappa shape index (κ3) is 2.70. The zero-order valence-corrected chi connectivity index (χ0v) is 15.2. The number of fused-ring (bicyclic) bond motifs is 2. The SMILES string of the molecule is O=[N+]([O-])c1ccc(N2CCC[C@H]2c2ccc3c(c2)OCCO3)c2ccncc12. The van der Waals surface area contributed by atoms with Crippen LogP contribution in [0.25, 0.3) is 10.8 Å². The minimum Gasteiger partial charge on any atom is -0.486 e. The molecule has 0 bridgehead atoms. The maximum Gasteiger partial charge on any atom is 0.278 e. The molecule has 7 nitrogen and oxygen atoms in total. The summed E-state index contributed by atoms with van der Waals surface area (Å²) in [7, 11) is 0. The summed E-state index contributed by atoms with van der Waals surface area (Å²) in [5.41, 5.74) is 2.25. The van der Waals surface area contributed by atoms with Crippen molar-refractivity contribution in [3.63, 3.8) is 0 Å². The van der Waals surface area contributed by atoms with Crippen molar-refractivity contribution in [3.05, 3.63) is 64.5 Å². The molecule has 2 aliphatic heterocycles. The van der Waals surface area contributed by atoms with Gasteiger partial charge in [0.25, 0.3) is 5.69 Å². The molecule has 2 aromatic carbocycles. The number of non-ortho nitro benzene ring substituents is 1. The van der Waals surface area contributed by atoms with Crippen LogP contribution < -0.4 is 14.4 Å². The van der Waals surface area contributed by atoms with Crippen LogP contribution >= 0.6 is 0 Å². The number of nitrogens with zero attached hydrogens (tertiary/aromatic N) is 3. The molecule has 2 aliphatic rings. The quantitative estimate of drug-likeness (QED) is 0.501. The van der Waals surface area contributed by atoms with E-state index in [2.05, 4.69) is 22.0 Å². The molecule has 3 aromatic rings. The van der Waals surface area contributed by atoms with E-state index in [1.807, 2.05) is 18.2 Å². The van der Waals surface area contributed by atoms with E-state index < -0.39 is 0 Å². The summed E-state index contributed by atoms with van der Waals surface area (Å²) in [6, 6.07) is 11.6. The Labute approximate surface area is 161 Å². The smallest absolute Gasteiger partial charge is 0.278 e. The van der Waals surface area contributed by atoms with Crippen molar-refractivity contribution in [2.24, 2.45) is 0 Å². The first-order valence-electron chi connectivity index (χ1n) is 9.40. The Bertz CT molecular complexity index is 1070. The Morgan fingerprint density at radius 1 is 1.07 bits per heavy atom. The minimum absolute atomic E-state index is 0.0851. The number of anilines is 1. The van der Waals surface area contributed by atoms with Crippen LogP contribution in [0.2, 0.25) is 0 Å². The first-order valence-corrected chi connectivity index (χ1v) is 9.40. The Hall–Kier alpha value is -3.35. The van der Waals surface area contributed by atoms with E-state index in [0.717, 1.165) is 42.0 Å². The van der Waals surface area contributed by atoms with Crippen LogP contribution in [0.3, 0.4) is 0 Å². The lowest BCUT2D eigenvalue weighted by atomic mass is 10.0. The molecule has 0 spiro atoms. The summed E-state index contributed by atoms with van der Waals surface area (Å²) < 4.78 is 11.4. The Morgan fingerprint density at radius 2 is 1.93 bits per heavy atom. The van der Waals surface area contributed by atoms with Crippen LogP contribution in [-0.2, 0) is 0 Å². The summed E-state index contributed by atoms with van der Waals surface area (Å²) in [4.78, 5) is 17.5. The van der Waals surface area contributed by atoms with E-state index in [4.69, 9.17) is 9.47 Å². The van der Waals surface area contributed by atoms with Gasteiger partial charge in [0.15, 0.2) is 11.5 Å². The monoisotopic (exact) mass is 377 g/mol. The summed E-state index contributed by atoms with van der Waals surface area (Å²) in [5, 5.41) is 12.8. The molecule has 7 heteroatoms. The van der Waals surface area contributed by atoms with Gasteiger partial charge in [0.05, 0.1) is 16.4 Å². The first kappa shape index (κ1) is 16.8. The van der Waals surface area contributed by atoms with E-state index in [-0.39, 0.29) is 16.7 Å². The molecule has 0 amide bonds. The molecule has 0 saturated carbocycles. The topological polar surface area (TPSA) is 77.7 Å². The largest absolute Gasteiger partial charge is 0.486 e. The van der Waals surface area contributed by atoms with Crippen LogP contribution in [0.5, 0.6) is 11.5 Å². The van der Waals surface area contributed by atoms with Gasteiger partial charge >= 0.3 is 0 Å². The van der Waals surface area contributed by atoms with Crippen molar-refractivity contribution in [2.45, 2.75) is 18.9 Å². The number of hydrogen-bond acceptors (Lipinski definition) is 6. The number of rotatable bonds is 3. The third-order valence-electron chi connectivity index (χ3n) is 5.48. The summed E-state index contributed by atoms with van der Waals surface area (Å²) in [6.45, 7) is 2.03. The fraction of sp³-hybridized carbons (Fsp3) is 0.286. The molecule has 0 aliphatic carbocycles. The second-order valence-corrected chi connectivity index (χ2v) is 7.04. The van der Waals surface area contributed by atoms with Crippen molar-refractivity contribution in [3.8, 4) is 11.5 Å². The minimum atomic E-state index is -0.351. The van der Waals surface area contributed by atoms with Crippen molar-refractivity contribution >= 4 is 22.1 Å². The lowest BCUT2D eigenvalue weighted by Crippen LogP contribution is -2.23. The zero-order chi connectivity index (χ0) is 19.1. The van der Waals surface area contributed by atoms with Gasteiger partial charge in [-0.25, -0.2) is 0 Å². The molecule has 1 aromatic heterocycles. The highest BCUT2D eigenvalue weighted by atomic mass is 16.6. The lowest BCUT2D eigenvalue weighted by molar-refractivity contribution is -0.383. The second kappa shape index (κ2) is 6.67. The van der Waals surface area contributed by atoms with Gasteiger partial charge in [0, 0.05) is 36.1 Å². The predicted octanol–water partition coefficient (Wildman–Crippen LogP) is 4.26. The summed E-state index contributed by atoms with van der Waals surface area (Å²) in [5.74, 6) is 1.57. The molecule has 0 N–H and O–H groups in total. The van der Waals surface area contributed by atoms with Gasteiger partial charge in [-0.3, -0.25) is 15.1 Å². The molecule has 5 rings (SSSR count). The standard InChI is InChI=1S/C21H19N3O4/c25-24(26)19-5-4-18(15-7-8-22-13-16(15)19)23-9-1-2-17(23)14-3-6-20-21(12-14)28-11-10-27-20/h3-8,12-13,17H,1-2,9-11H2/t17-/m0/s1. The van der Waals surface area contributed by atoms with E-state index in [9.17, 15) is 10.1 Å². The Morgan fingerprint density at radius 3 is 2.79 bits per heavy atom. The molecule has 1 saturated heterocycles. The fourth-order valence-electron chi connectivity index (χ4n) is 4.24. The van der Waals surface area contributed by atoms with Crippen molar-refractivity contribution < 1.29 is 14.4 Å². The van der Waals surface area contributed by atoms with Crippen LogP contribution in [0, 0.1) is 10.1 Å². The fourth-order valence-corrected chi connectivity index (χ4v) is 4.24. The number of benzene rings is 2. The van der Waals surface area contributed by atoms with Gasteiger partial charge in [0.1, 0.15) is 13.2 Å². The van der Waals surface area contributed by atoms with Crippen LogP contribution in [0.15, 0.2) is 48.8 Å². The van der Waals surface area contributed by atoms with Gasteiger partial charge in [-0.2, -0.15) is 0 Å². The molecular weight excluding hydrogens is 358 g/mol. The van der Waals surface area contributed by atoms with Gasteiger partial charge in [-0.15, -0.1) is 0 Å². The highest BCUT2D eigenvalue weighted by molar-refractivity contribution is 5.99. The number of hydrogen-bond donors (Lipinski definition) is 0. The van der Waals surface area contributed by atoms with Gasteiger partial charge in [-0.1, -0.05) is 6.07 Å². The number of nitro benzene ring substituents is 1. The zero-order valence-electron chi connectivity index (χ0n) is 15.2. The van der Waals surface area contributed by atoms with Crippen LogP contribution in [-0.4, -0.2) is 29.7 Å². The molecule has 3 heterocycles. The van der Waals surface area contributed by atoms with Crippen molar-refractivity contribution in [2.75, 3.05) is 24.7 Å². The van der Waals surface area contributed by atoms with Crippen LogP contribution in [0.4, 0.5) is 11.4 Å². The molecular formula is C21H19N3O4. The second-order valence-electron chi connectivity index (χ2n) is 7.04. The number of pyridine rings is 1. The summed E-state index contributed by atoms with van der Waals surface area (Å²) >= 11 is 0. The first-order chi connectivity index (χ1) is 13.7. The number of aromatic nitrogens is 1. The van der Waals surface area contributed by atoms with Gasteiger partial charge in [0.2, 0.25) is 0 Å². The summed E-state index contributed by atoms with van der Waals surface area (Å²) in [6.07, 6.45) is 5.34. The van der Waals surface area contributed by atoms with E-state index in [1.54, 1.807) is 18.5 Å².